The smallest absolute Gasteiger partial charge is 0.240 e. The van der Waals surface area contributed by atoms with Crippen LogP contribution in [0.15, 0.2) is 17.1 Å². The molecule has 8 heteroatoms. The standard InChI is InChI=1S/C20H30N4O4/c1-15(25)23-9-7-22(8-10-23)12-17-11-18(26)19(28-2)13-24(17)14-20(27)21-16-5-3-4-6-16/h11,13,16H,3-10,12,14H2,1-2H3,(H,21,27). The van der Waals surface area contributed by atoms with Gasteiger partial charge in [-0.1, -0.05) is 12.8 Å². The number of piperazine rings is 1. The van der Waals surface area contributed by atoms with Crippen LogP contribution in [-0.2, 0) is 22.7 Å². The van der Waals surface area contributed by atoms with Gasteiger partial charge in [0, 0.05) is 57.4 Å². The van der Waals surface area contributed by atoms with E-state index in [-0.39, 0.29) is 35.6 Å². The van der Waals surface area contributed by atoms with Gasteiger partial charge in [0.15, 0.2) is 5.75 Å². The highest BCUT2D eigenvalue weighted by Gasteiger charge is 2.21. The van der Waals surface area contributed by atoms with Crippen LogP contribution in [0, 0.1) is 0 Å². The summed E-state index contributed by atoms with van der Waals surface area (Å²) in [5.41, 5.74) is 0.593. The highest BCUT2D eigenvalue weighted by molar-refractivity contribution is 5.76. The molecule has 3 rings (SSSR count). The lowest BCUT2D eigenvalue weighted by atomic mass is 10.2. The van der Waals surface area contributed by atoms with Gasteiger partial charge in [0.25, 0.3) is 0 Å². The molecule has 1 aromatic rings. The van der Waals surface area contributed by atoms with E-state index in [9.17, 15) is 14.4 Å². The van der Waals surface area contributed by atoms with Crippen molar-refractivity contribution in [3.63, 3.8) is 0 Å². The molecule has 2 amide bonds. The zero-order chi connectivity index (χ0) is 20.1. The van der Waals surface area contributed by atoms with Crippen LogP contribution in [0.25, 0.3) is 0 Å². The third-order valence-corrected chi connectivity index (χ3v) is 5.64. The van der Waals surface area contributed by atoms with E-state index in [0.717, 1.165) is 44.5 Å². The first-order valence-corrected chi connectivity index (χ1v) is 10.0. The Balaban J connectivity index is 1.70. The molecule has 2 aliphatic rings. The lowest BCUT2D eigenvalue weighted by molar-refractivity contribution is -0.130. The molecule has 154 valence electrons. The van der Waals surface area contributed by atoms with E-state index in [1.54, 1.807) is 19.2 Å². The van der Waals surface area contributed by atoms with Gasteiger partial charge in [0.2, 0.25) is 17.2 Å². The molecule has 2 fully saturated rings. The maximum absolute atomic E-state index is 12.5. The van der Waals surface area contributed by atoms with E-state index in [1.165, 1.54) is 7.11 Å². The van der Waals surface area contributed by atoms with E-state index in [2.05, 4.69) is 10.2 Å². The molecule has 28 heavy (non-hydrogen) atoms. The van der Waals surface area contributed by atoms with Gasteiger partial charge in [-0.2, -0.15) is 0 Å². The normalized spacial score (nSPS) is 18.3. The fourth-order valence-corrected chi connectivity index (χ4v) is 3.98. The van der Waals surface area contributed by atoms with Crippen LogP contribution in [0.3, 0.4) is 0 Å². The van der Waals surface area contributed by atoms with Crippen LogP contribution < -0.4 is 15.5 Å². The molecule has 0 bridgehead atoms. The molecule has 1 aliphatic carbocycles. The number of methoxy groups -OCH3 is 1. The molecule has 0 spiro atoms. The first kappa shape index (κ1) is 20.4. The zero-order valence-corrected chi connectivity index (χ0v) is 16.8. The molecular formula is C20H30N4O4. The highest BCUT2D eigenvalue weighted by atomic mass is 16.5. The SMILES string of the molecule is COc1cn(CC(=O)NC2CCCC2)c(CN2CCN(C(C)=O)CC2)cc1=O. The summed E-state index contributed by atoms with van der Waals surface area (Å²) in [5, 5.41) is 3.09. The summed E-state index contributed by atoms with van der Waals surface area (Å²) in [4.78, 5) is 40.3. The number of pyridine rings is 1. The van der Waals surface area contributed by atoms with Crippen molar-refractivity contribution in [2.24, 2.45) is 0 Å². The second-order valence-electron chi connectivity index (χ2n) is 7.66. The van der Waals surface area contributed by atoms with E-state index in [4.69, 9.17) is 4.74 Å². The molecule has 1 saturated carbocycles. The Morgan fingerprint density at radius 2 is 1.86 bits per heavy atom. The Bertz CT molecular complexity index is 762. The zero-order valence-electron chi connectivity index (χ0n) is 16.8. The third-order valence-electron chi connectivity index (χ3n) is 5.64. The first-order valence-electron chi connectivity index (χ1n) is 10.0. The molecule has 1 aliphatic heterocycles. The molecule has 8 nitrogen and oxygen atoms in total. The summed E-state index contributed by atoms with van der Waals surface area (Å²) >= 11 is 0. The minimum absolute atomic E-state index is 0.0414. The van der Waals surface area contributed by atoms with Crippen LogP contribution in [0.2, 0.25) is 0 Å². The van der Waals surface area contributed by atoms with Gasteiger partial charge in [0.05, 0.1) is 13.3 Å². The lowest BCUT2D eigenvalue weighted by Gasteiger charge is -2.34. The van der Waals surface area contributed by atoms with Crippen LogP contribution in [0.5, 0.6) is 5.75 Å². The van der Waals surface area contributed by atoms with Crippen molar-refractivity contribution >= 4 is 11.8 Å². The number of aromatic nitrogens is 1. The van der Waals surface area contributed by atoms with Crippen molar-refractivity contribution in [2.75, 3.05) is 33.3 Å². The van der Waals surface area contributed by atoms with Crippen LogP contribution in [0.1, 0.15) is 38.3 Å². The van der Waals surface area contributed by atoms with Gasteiger partial charge in [0.1, 0.15) is 6.54 Å². The second kappa shape index (κ2) is 9.23. The van der Waals surface area contributed by atoms with Crippen LogP contribution in [0.4, 0.5) is 0 Å². The summed E-state index contributed by atoms with van der Waals surface area (Å²) in [5.74, 6) is 0.281. The van der Waals surface area contributed by atoms with Crippen molar-refractivity contribution in [1.29, 1.82) is 0 Å². The van der Waals surface area contributed by atoms with Crippen LogP contribution >= 0.6 is 0 Å². The number of carbonyl (C=O) groups is 2. The van der Waals surface area contributed by atoms with E-state index in [1.807, 2.05) is 9.47 Å². The molecular weight excluding hydrogens is 360 g/mol. The number of carbonyl (C=O) groups excluding carboxylic acids is 2. The number of hydrogen-bond donors (Lipinski definition) is 1. The molecule has 0 atom stereocenters. The summed E-state index contributed by atoms with van der Waals surface area (Å²) in [6.07, 6.45) is 6.01. The summed E-state index contributed by atoms with van der Waals surface area (Å²) in [7, 11) is 1.46. The van der Waals surface area contributed by atoms with Gasteiger partial charge >= 0.3 is 0 Å². The number of rotatable bonds is 6. The lowest BCUT2D eigenvalue weighted by Crippen LogP contribution is -2.48. The molecule has 2 heterocycles. The fraction of sp³-hybridized carbons (Fsp3) is 0.650. The van der Waals surface area contributed by atoms with Gasteiger partial charge in [-0.3, -0.25) is 19.3 Å². The van der Waals surface area contributed by atoms with E-state index >= 15 is 0 Å². The average Bonchev–Trinajstić information content (AvgIpc) is 3.17. The molecule has 1 N–H and O–H groups in total. The van der Waals surface area contributed by atoms with Gasteiger partial charge in [-0.25, -0.2) is 0 Å². The monoisotopic (exact) mass is 390 g/mol. The predicted molar refractivity (Wildman–Crippen MR) is 105 cm³/mol. The molecule has 0 unspecified atom stereocenters. The van der Waals surface area contributed by atoms with E-state index < -0.39 is 0 Å². The van der Waals surface area contributed by atoms with Crippen molar-refractivity contribution in [3.05, 3.63) is 28.2 Å². The number of ether oxygens (including phenoxy) is 1. The second-order valence-corrected chi connectivity index (χ2v) is 7.66. The minimum Gasteiger partial charge on any atom is -0.491 e. The fourth-order valence-electron chi connectivity index (χ4n) is 3.98. The Labute approximate surface area is 165 Å². The van der Waals surface area contributed by atoms with Crippen LogP contribution in [-0.4, -0.2) is 65.5 Å². The number of nitrogens with one attached hydrogen (secondary N) is 1. The molecule has 0 aromatic carbocycles. The number of hydrogen-bond acceptors (Lipinski definition) is 5. The summed E-state index contributed by atoms with van der Waals surface area (Å²) in [6.45, 7) is 5.15. The van der Waals surface area contributed by atoms with Gasteiger partial charge in [-0.15, -0.1) is 0 Å². The minimum atomic E-state index is -0.188. The predicted octanol–water partition coefficient (Wildman–Crippen LogP) is 0.580. The van der Waals surface area contributed by atoms with Crippen molar-refractivity contribution in [1.82, 2.24) is 19.7 Å². The Kier molecular flexibility index (Phi) is 6.72. The average molecular weight is 390 g/mol. The quantitative estimate of drug-likeness (QED) is 0.768. The number of amides is 2. The van der Waals surface area contributed by atoms with Gasteiger partial charge < -0.3 is 19.5 Å². The molecule has 1 aromatic heterocycles. The molecule has 0 radical (unpaired) electrons. The third kappa shape index (κ3) is 5.13. The Hall–Kier alpha value is -2.35. The van der Waals surface area contributed by atoms with E-state index in [0.29, 0.717) is 19.6 Å². The number of nitrogens with zero attached hydrogens (tertiary/aromatic N) is 3. The maximum atomic E-state index is 12.5. The van der Waals surface area contributed by atoms with Crippen molar-refractivity contribution in [2.45, 2.75) is 51.7 Å². The Morgan fingerprint density at radius 3 is 2.46 bits per heavy atom. The largest absolute Gasteiger partial charge is 0.491 e. The maximum Gasteiger partial charge on any atom is 0.240 e. The summed E-state index contributed by atoms with van der Waals surface area (Å²) < 4.78 is 6.97. The molecule has 1 saturated heterocycles. The topological polar surface area (TPSA) is 83.9 Å². The first-order chi connectivity index (χ1) is 13.5. The van der Waals surface area contributed by atoms with Crippen molar-refractivity contribution < 1.29 is 14.3 Å². The summed E-state index contributed by atoms with van der Waals surface area (Å²) in [6, 6.07) is 1.82. The Morgan fingerprint density at radius 1 is 1.18 bits per heavy atom. The van der Waals surface area contributed by atoms with Crippen molar-refractivity contribution in [3.8, 4) is 5.75 Å². The van der Waals surface area contributed by atoms with Gasteiger partial charge in [-0.05, 0) is 12.8 Å². The highest BCUT2D eigenvalue weighted by Crippen LogP contribution is 2.18.